The zero-order chi connectivity index (χ0) is 16.1. The number of carbonyl (C=O) groups excluding carboxylic acids is 1. The van der Waals surface area contributed by atoms with Crippen LogP contribution in [0.25, 0.3) is 0 Å². The van der Waals surface area contributed by atoms with E-state index < -0.39 is 5.97 Å². The highest BCUT2D eigenvalue weighted by Gasteiger charge is 2.37. The monoisotopic (exact) mass is 315 g/mol. The Morgan fingerprint density at radius 2 is 2.00 bits per heavy atom. The van der Waals surface area contributed by atoms with Crippen LogP contribution in [0.1, 0.15) is 59.8 Å². The number of nitrogens with one attached hydrogen (secondary N) is 1. The van der Waals surface area contributed by atoms with E-state index in [2.05, 4.69) is 26.1 Å². The van der Waals surface area contributed by atoms with Crippen molar-refractivity contribution in [2.24, 2.45) is 11.3 Å². The first-order valence-electron chi connectivity index (χ1n) is 7.79. The van der Waals surface area contributed by atoms with E-state index in [1.807, 2.05) is 6.92 Å². The number of carbonyl (C=O) groups is 2. The Morgan fingerprint density at radius 3 is 2.48 bits per heavy atom. The van der Waals surface area contributed by atoms with Gasteiger partial charge in [-0.05, 0) is 49.7 Å². The molecule has 1 rings (SSSR count). The molecule has 21 heavy (non-hydrogen) atoms. The van der Waals surface area contributed by atoms with Crippen LogP contribution in [0.5, 0.6) is 0 Å². The maximum Gasteiger partial charge on any atom is 0.303 e. The second-order valence-corrected chi connectivity index (χ2v) is 8.82. The van der Waals surface area contributed by atoms with Gasteiger partial charge in [0, 0.05) is 13.0 Å². The second-order valence-electron chi connectivity index (χ2n) is 7.22. The van der Waals surface area contributed by atoms with Crippen molar-refractivity contribution >= 4 is 23.6 Å². The van der Waals surface area contributed by atoms with E-state index >= 15 is 0 Å². The minimum atomic E-state index is -0.747. The lowest BCUT2D eigenvalue weighted by Gasteiger charge is -2.31. The van der Waals surface area contributed by atoms with Gasteiger partial charge in [0.25, 0.3) is 0 Å². The Hall–Kier alpha value is -0.710. The van der Waals surface area contributed by atoms with Crippen molar-refractivity contribution in [3.8, 4) is 0 Å². The molecule has 2 atom stereocenters. The predicted molar refractivity (Wildman–Crippen MR) is 87.5 cm³/mol. The Bertz CT molecular complexity index is 370. The highest BCUT2D eigenvalue weighted by molar-refractivity contribution is 8.01. The summed E-state index contributed by atoms with van der Waals surface area (Å²) in [4.78, 5) is 23.0. The first-order chi connectivity index (χ1) is 9.65. The van der Waals surface area contributed by atoms with Crippen molar-refractivity contribution in [1.29, 1.82) is 0 Å². The Balaban J connectivity index is 2.42. The predicted octanol–water partition coefficient (Wildman–Crippen LogP) is 3.31. The van der Waals surface area contributed by atoms with Gasteiger partial charge >= 0.3 is 5.97 Å². The number of aliphatic carboxylic acids is 1. The lowest BCUT2D eigenvalue weighted by molar-refractivity contribution is -0.137. The van der Waals surface area contributed by atoms with Gasteiger partial charge in [-0.15, -0.1) is 11.8 Å². The van der Waals surface area contributed by atoms with Crippen LogP contribution in [-0.2, 0) is 9.59 Å². The molecule has 1 heterocycles. The van der Waals surface area contributed by atoms with E-state index in [1.165, 1.54) is 0 Å². The van der Waals surface area contributed by atoms with E-state index in [-0.39, 0.29) is 22.5 Å². The molecule has 1 fully saturated rings. The molecule has 0 saturated carbocycles. The molecule has 2 unspecified atom stereocenters. The SMILES string of the molecule is CC1(C(=O)NCCC(CCC(=O)O)C(C)(C)C)CCCS1. The molecular formula is C16H29NO3S. The summed E-state index contributed by atoms with van der Waals surface area (Å²) in [5.74, 6) is 0.754. The molecule has 0 spiro atoms. The lowest BCUT2D eigenvalue weighted by atomic mass is 9.76. The van der Waals surface area contributed by atoms with Crippen LogP contribution < -0.4 is 5.32 Å². The molecule has 0 radical (unpaired) electrons. The first kappa shape index (κ1) is 18.3. The Labute approximate surface area is 132 Å². The van der Waals surface area contributed by atoms with Gasteiger partial charge in [0.2, 0.25) is 5.91 Å². The molecule has 0 aliphatic carbocycles. The van der Waals surface area contributed by atoms with Crippen LogP contribution in [0, 0.1) is 11.3 Å². The number of carboxylic acids is 1. The summed E-state index contributed by atoms with van der Waals surface area (Å²) in [6, 6.07) is 0. The molecular weight excluding hydrogens is 286 g/mol. The first-order valence-corrected chi connectivity index (χ1v) is 8.78. The quantitative estimate of drug-likeness (QED) is 0.756. The highest BCUT2D eigenvalue weighted by Crippen LogP contribution is 2.38. The summed E-state index contributed by atoms with van der Waals surface area (Å²) in [6.45, 7) is 9.06. The highest BCUT2D eigenvalue weighted by atomic mass is 32.2. The van der Waals surface area contributed by atoms with E-state index in [0.29, 0.717) is 18.9 Å². The largest absolute Gasteiger partial charge is 0.481 e. The third kappa shape index (κ3) is 5.89. The summed E-state index contributed by atoms with van der Waals surface area (Å²) in [5.41, 5.74) is 0.0617. The average molecular weight is 315 g/mol. The fourth-order valence-electron chi connectivity index (χ4n) is 2.81. The third-order valence-corrected chi connectivity index (χ3v) is 5.93. The fraction of sp³-hybridized carbons (Fsp3) is 0.875. The number of carboxylic acid groups (broad SMARTS) is 1. The molecule has 5 heteroatoms. The zero-order valence-corrected chi connectivity index (χ0v) is 14.5. The minimum Gasteiger partial charge on any atom is -0.481 e. The molecule has 1 saturated heterocycles. The third-order valence-electron chi connectivity index (χ3n) is 4.41. The van der Waals surface area contributed by atoms with Gasteiger partial charge in [-0.3, -0.25) is 9.59 Å². The molecule has 1 aliphatic rings. The number of thioether (sulfide) groups is 1. The summed E-state index contributed by atoms with van der Waals surface area (Å²) >= 11 is 1.74. The molecule has 0 aromatic rings. The van der Waals surface area contributed by atoms with Crippen molar-refractivity contribution in [2.45, 2.75) is 64.5 Å². The van der Waals surface area contributed by atoms with Gasteiger partial charge in [-0.2, -0.15) is 0 Å². The molecule has 0 aromatic carbocycles. The molecule has 122 valence electrons. The Kier molecular flexibility index (Phi) is 6.57. The van der Waals surface area contributed by atoms with Gasteiger partial charge in [-0.25, -0.2) is 0 Å². The summed E-state index contributed by atoms with van der Waals surface area (Å²) < 4.78 is -0.266. The Morgan fingerprint density at radius 1 is 1.33 bits per heavy atom. The van der Waals surface area contributed by atoms with Crippen LogP contribution in [0.3, 0.4) is 0 Å². The average Bonchev–Trinajstić information content (AvgIpc) is 2.79. The van der Waals surface area contributed by atoms with Gasteiger partial charge in [-0.1, -0.05) is 20.8 Å². The molecule has 0 aromatic heterocycles. The van der Waals surface area contributed by atoms with Crippen molar-refractivity contribution in [1.82, 2.24) is 5.32 Å². The zero-order valence-electron chi connectivity index (χ0n) is 13.7. The van der Waals surface area contributed by atoms with Crippen LogP contribution in [0.15, 0.2) is 0 Å². The van der Waals surface area contributed by atoms with Crippen molar-refractivity contribution in [2.75, 3.05) is 12.3 Å². The minimum absolute atomic E-state index is 0.0617. The number of amides is 1. The smallest absolute Gasteiger partial charge is 0.303 e. The second kappa shape index (κ2) is 7.52. The van der Waals surface area contributed by atoms with Crippen molar-refractivity contribution in [3.63, 3.8) is 0 Å². The van der Waals surface area contributed by atoms with Gasteiger partial charge < -0.3 is 10.4 Å². The maximum absolute atomic E-state index is 12.2. The molecule has 2 N–H and O–H groups in total. The lowest BCUT2D eigenvalue weighted by Crippen LogP contribution is -2.41. The topological polar surface area (TPSA) is 66.4 Å². The van der Waals surface area contributed by atoms with Crippen molar-refractivity contribution in [3.05, 3.63) is 0 Å². The molecule has 1 amide bonds. The summed E-state index contributed by atoms with van der Waals surface area (Å²) in [7, 11) is 0. The van der Waals surface area contributed by atoms with E-state index in [4.69, 9.17) is 5.11 Å². The molecule has 0 bridgehead atoms. The standard InChI is InChI=1S/C16H29NO3S/c1-15(2,3)12(6-7-13(18)19)8-10-17-14(20)16(4)9-5-11-21-16/h12H,5-11H2,1-4H3,(H,17,20)(H,18,19). The van der Waals surface area contributed by atoms with E-state index in [1.54, 1.807) is 11.8 Å². The van der Waals surface area contributed by atoms with E-state index in [0.717, 1.165) is 25.0 Å². The van der Waals surface area contributed by atoms with Crippen LogP contribution in [-0.4, -0.2) is 34.0 Å². The number of rotatable bonds is 7. The van der Waals surface area contributed by atoms with Gasteiger partial charge in [0.15, 0.2) is 0 Å². The van der Waals surface area contributed by atoms with Crippen molar-refractivity contribution < 1.29 is 14.7 Å². The fourth-order valence-corrected chi connectivity index (χ4v) is 4.04. The van der Waals surface area contributed by atoms with Crippen LogP contribution in [0.4, 0.5) is 0 Å². The number of hydrogen-bond donors (Lipinski definition) is 2. The maximum atomic E-state index is 12.2. The summed E-state index contributed by atoms with van der Waals surface area (Å²) in [6.07, 6.45) is 3.76. The van der Waals surface area contributed by atoms with Gasteiger partial charge in [0.05, 0.1) is 4.75 Å². The summed E-state index contributed by atoms with van der Waals surface area (Å²) in [5, 5.41) is 11.9. The van der Waals surface area contributed by atoms with Gasteiger partial charge in [0.1, 0.15) is 0 Å². The molecule has 4 nitrogen and oxygen atoms in total. The van der Waals surface area contributed by atoms with Crippen LogP contribution in [0.2, 0.25) is 0 Å². The van der Waals surface area contributed by atoms with Crippen LogP contribution >= 0.6 is 11.8 Å². The van der Waals surface area contributed by atoms with E-state index in [9.17, 15) is 9.59 Å². The molecule has 1 aliphatic heterocycles. The normalized spacial score (nSPS) is 23.8. The number of hydrogen-bond acceptors (Lipinski definition) is 3.